The van der Waals surface area contributed by atoms with Gasteiger partial charge < -0.3 is 4.84 Å². The highest BCUT2D eigenvalue weighted by Crippen LogP contribution is 2.38. The number of hydrogen-bond acceptors (Lipinski definition) is 5. The van der Waals surface area contributed by atoms with E-state index < -0.39 is 5.97 Å². The fraction of sp³-hybridized carbons (Fsp3) is 0.308. The van der Waals surface area contributed by atoms with Gasteiger partial charge in [0.1, 0.15) is 0 Å². The molecule has 0 radical (unpaired) electrons. The van der Waals surface area contributed by atoms with Crippen LogP contribution in [0.5, 0.6) is 0 Å². The predicted molar refractivity (Wildman–Crippen MR) is 120 cm³/mol. The van der Waals surface area contributed by atoms with Gasteiger partial charge in [0.2, 0.25) is 0 Å². The SMILES string of the molecule is CCC(=O)ONC(=O)CCCCC(C1=C(C)C(=O)c2ccccc2C1=O)c1ccccc1. The number of rotatable bonds is 8. The van der Waals surface area contributed by atoms with Gasteiger partial charge in [-0.3, -0.25) is 14.4 Å². The molecule has 0 aliphatic heterocycles. The predicted octanol–water partition coefficient (Wildman–Crippen LogP) is 4.71. The maximum Gasteiger partial charge on any atom is 0.331 e. The van der Waals surface area contributed by atoms with Gasteiger partial charge in [0, 0.05) is 41.0 Å². The Morgan fingerprint density at radius 3 is 2.19 bits per heavy atom. The van der Waals surface area contributed by atoms with Crippen LogP contribution in [0.15, 0.2) is 65.7 Å². The molecular weight excluding hydrogens is 406 g/mol. The van der Waals surface area contributed by atoms with Crippen molar-refractivity contribution in [2.45, 2.75) is 51.9 Å². The number of hydroxylamine groups is 1. The topological polar surface area (TPSA) is 89.5 Å². The molecule has 1 aliphatic carbocycles. The van der Waals surface area contributed by atoms with Gasteiger partial charge in [-0.05, 0) is 25.3 Å². The highest BCUT2D eigenvalue weighted by molar-refractivity contribution is 6.27. The number of nitrogens with one attached hydrogen (secondary N) is 1. The summed E-state index contributed by atoms with van der Waals surface area (Å²) in [5, 5.41) is 0. The Bertz CT molecular complexity index is 1050. The third-order valence-corrected chi connectivity index (χ3v) is 5.67. The molecule has 0 fully saturated rings. The van der Waals surface area contributed by atoms with Gasteiger partial charge in [0.15, 0.2) is 11.6 Å². The van der Waals surface area contributed by atoms with Crippen LogP contribution < -0.4 is 5.48 Å². The lowest BCUT2D eigenvalue weighted by Crippen LogP contribution is -2.26. The van der Waals surface area contributed by atoms with E-state index in [1.807, 2.05) is 30.3 Å². The van der Waals surface area contributed by atoms with Gasteiger partial charge in [-0.2, -0.15) is 5.48 Å². The number of benzene rings is 2. The number of Topliss-reactive ketones (excluding diaryl/α,β-unsaturated/α-hetero) is 2. The van der Waals surface area contributed by atoms with E-state index in [0.717, 1.165) is 5.56 Å². The van der Waals surface area contributed by atoms with Crippen molar-refractivity contribution in [1.29, 1.82) is 0 Å². The Labute approximate surface area is 187 Å². The number of carbonyl (C=O) groups excluding carboxylic acids is 4. The van der Waals surface area contributed by atoms with Crippen LogP contribution in [0.3, 0.4) is 0 Å². The van der Waals surface area contributed by atoms with E-state index in [1.165, 1.54) is 0 Å². The van der Waals surface area contributed by atoms with Crippen LogP contribution in [0.1, 0.15) is 78.1 Å². The lowest BCUT2D eigenvalue weighted by molar-refractivity contribution is -0.158. The highest BCUT2D eigenvalue weighted by Gasteiger charge is 2.34. The second-order valence-electron chi connectivity index (χ2n) is 7.80. The van der Waals surface area contributed by atoms with Crippen molar-refractivity contribution >= 4 is 23.4 Å². The number of ketones is 2. The van der Waals surface area contributed by atoms with E-state index in [1.54, 1.807) is 38.1 Å². The van der Waals surface area contributed by atoms with E-state index in [2.05, 4.69) is 10.3 Å². The first-order chi connectivity index (χ1) is 15.4. The summed E-state index contributed by atoms with van der Waals surface area (Å²) in [7, 11) is 0. The first-order valence-corrected chi connectivity index (χ1v) is 10.9. The van der Waals surface area contributed by atoms with E-state index in [0.29, 0.717) is 41.5 Å². The fourth-order valence-electron chi connectivity index (χ4n) is 3.97. The van der Waals surface area contributed by atoms with Crippen LogP contribution in [0, 0.1) is 0 Å². The van der Waals surface area contributed by atoms with Crippen LogP contribution in [-0.4, -0.2) is 23.4 Å². The minimum Gasteiger partial charge on any atom is -0.341 e. The molecule has 1 N–H and O–H groups in total. The van der Waals surface area contributed by atoms with Crippen LogP contribution in [0.25, 0.3) is 0 Å². The molecule has 3 rings (SSSR count). The zero-order chi connectivity index (χ0) is 23.1. The summed E-state index contributed by atoms with van der Waals surface area (Å²) in [6, 6.07) is 16.6. The first kappa shape index (κ1) is 23.1. The summed E-state index contributed by atoms with van der Waals surface area (Å²) in [5.41, 5.74) is 5.01. The number of carbonyl (C=O) groups is 4. The van der Waals surface area contributed by atoms with Crippen LogP contribution >= 0.6 is 0 Å². The van der Waals surface area contributed by atoms with E-state index in [-0.39, 0.29) is 36.2 Å². The molecule has 0 bridgehead atoms. The van der Waals surface area contributed by atoms with Gasteiger partial charge in [0.25, 0.3) is 5.91 Å². The molecule has 1 unspecified atom stereocenters. The minimum absolute atomic E-state index is 0.115. The smallest absolute Gasteiger partial charge is 0.331 e. The van der Waals surface area contributed by atoms with Crippen LogP contribution in [0.4, 0.5) is 0 Å². The van der Waals surface area contributed by atoms with E-state index in [4.69, 9.17) is 0 Å². The molecule has 0 heterocycles. The number of amides is 1. The molecule has 0 spiro atoms. The second kappa shape index (κ2) is 10.7. The first-order valence-electron chi connectivity index (χ1n) is 10.9. The summed E-state index contributed by atoms with van der Waals surface area (Å²) in [6.07, 6.45) is 2.22. The van der Waals surface area contributed by atoms with Crippen LogP contribution in [0.2, 0.25) is 0 Å². The zero-order valence-corrected chi connectivity index (χ0v) is 18.4. The lowest BCUT2D eigenvalue weighted by Gasteiger charge is -2.26. The molecule has 0 saturated heterocycles. The van der Waals surface area contributed by atoms with E-state index in [9.17, 15) is 19.2 Å². The molecule has 2 aromatic rings. The summed E-state index contributed by atoms with van der Waals surface area (Å²) in [5.74, 6) is -1.34. The number of unbranched alkanes of at least 4 members (excludes halogenated alkanes) is 1. The Morgan fingerprint density at radius 1 is 0.906 bits per heavy atom. The lowest BCUT2D eigenvalue weighted by atomic mass is 9.75. The van der Waals surface area contributed by atoms with Crippen LogP contribution in [-0.2, 0) is 14.4 Å². The third kappa shape index (κ3) is 5.19. The summed E-state index contributed by atoms with van der Waals surface area (Å²) in [6.45, 7) is 3.36. The van der Waals surface area contributed by atoms with Crippen molar-refractivity contribution in [3.8, 4) is 0 Å². The number of fused-ring (bicyclic) bond motifs is 1. The van der Waals surface area contributed by atoms with Crippen molar-refractivity contribution in [2.75, 3.05) is 0 Å². The quantitative estimate of drug-likeness (QED) is 0.481. The maximum absolute atomic E-state index is 13.4. The Morgan fingerprint density at radius 2 is 1.53 bits per heavy atom. The molecule has 1 aliphatic rings. The number of allylic oxidation sites excluding steroid dienone is 2. The second-order valence-corrected chi connectivity index (χ2v) is 7.80. The maximum atomic E-state index is 13.4. The molecule has 166 valence electrons. The Kier molecular flexibility index (Phi) is 7.71. The number of hydrogen-bond donors (Lipinski definition) is 1. The standard InChI is InChI=1S/C26H27NO5/c1-3-23(29)32-27-22(28)16-10-9-13-19(18-11-5-4-6-12-18)24-17(2)25(30)20-14-7-8-15-21(20)26(24)31/h4-8,11-12,14-15,19H,3,9-10,13,16H2,1-2H3,(H,27,28). The van der Waals surface area contributed by atoms with Gasteiger partial charge in [-0.1, -0.05) is 67.9 Å². The monoisotopic (exact) mass is 433 g/mol. The van der Waals surface area contributed by atoms with Crippen molar-refractivity contribution in [3.63, 3.8) is 0 Å². The summed E-state index contributed by atoms with van der Waals surface area (Å²) in [4.78, 5) is 54.0. The van der Waals surface area contributed by atoms with Crippen molar-refractivity contribution in [1.82, 2.24) is 5.48 Å². The minimum atomic E-state index is -0.495. The van der Waals surface area contributed by atoms with Crippen molar-refractivity contribution in [3.05, 3.63) is 82.4 Å². The normalized spacial score (nSPS) is 14.1. The molecule has 1 atom stereocenters. The molecular formula is C26H27NO5. The fourth-order valence-corrected chi connectivity index (χ4v) is 3.97. The largest absolute Gasteiger partial charge is 0.341 e. The molecule has 6 heteroatoms. The molecule has 2 aromatic carbocycles. The highest BCUT2D eigenvalue weighted by atomic mass is 16.7. The van der Waals surface area contributed by atoms with Gasteiger partial charge in [0.05, 0.1) is 0 Å². The molecule has 0 saturated carbocycles. The summed E-state index contributed by atoms with van der Waals surface area (Å²) >= 11 is 0. The molecule has 0 aromatic heterocycles. The van der Waals surface area contributed by atoms with Gasteiger partial charge in [-0.15, -0.1) is 0 Å². The van der Waals surface area contributed by atoms with E-state index >= 15 is 0 Å². The van der Waals surface area contributed by atoms with Crippen molar-refractivity contribution < 1.29 is 24.0 Å². The zero-order valence-electron chi connectivity index (χ0n) is 18.4. The van der Waals surface area contributed by atoms with Gasteiger partial charge in [-0.25, -0.2) is 4.79 Å². The molecule has 1 amide bonds. The molecule has 6 nitrogen and oxygen atoms in total. The summed E-state index contributed by atoms with van der Waals surface area (Å²) < 4.78 is 0. The third-order valence-electron chi connectivity index (χ3n) is 5.67. The van der Waals surface area contributed by atoms with Gasteiger partial charge >= 0.3 is 5.97 Å². The Hall–Kier alpha value is -3.54. The average molecular weight is 434 g/mol. The Balaban J connectivity index is 1.76. The molecule has 32 heavy (non-hydrogen) atoms. The van der Waals surface area contributed by atoms with Crippen molar-refractivity contribution in [2.24, 2.45) is 0 Å². The average Bonchev–Trinajstić information content (AvgIpc) is 2.83.